The SMILES string of the molecule is COc1cccc(N2C[C@@H](C(=O)NCCCN(C)C)CC2=O)c1. The van der Waals surface area contributed by atoms with Gasteiger partial charge in [0.25, 0.3) is 0 Å². The summed E-state index contributed by atoms with van der Waals surface area (Å²) in [6.07, 6.45) is 1.16. The van der Waals surface area contributed by atoms with E-state index in [-0.39, 0.29) is 24.2 Å². The van der Waals surface area contributed by atoms with Crippen molar-refractivity contribution >= 4 is 17.5 Å². The maximum absolute atomic E-state index is 12.2. The Morgan fingerprint density at radius 1 is 1.43 bits per heavy atom. The van der Waals surface area contributed by atoms with Gasteiger partial charge in [0.05, 0.1) is 13.0 Å². The summed E-state index contributed by atoms with van der Waals surface area (Å²) in [6.45, 7) is 1.99. The quantitative estimate of drug-likeness (QED) is 0.765. The van der Waals surface area contributed by atoms with E-state index in [0.29, 0.717) is 18.8 Å². The standard InChI is InChI=1S/C17H25N3O3/c1-19(2)9-5-8-18-17(22)13-10-16(21)20(12-13)14-6-4-7-15(11-14)23-3/h4,6-7,11,13H,5,8-10,12H2,1-3H3,(H,18,22)/t13-/m0/s1. The van der Waals surface area contributed by atoms with Crippen molar-refractivity contribution in [1.82, 2.24) is 10.2 Å². The van der Waals surface area contributed by atoms with Crippen LogP contribution >= 0.6 is 0 Å². The van der Waals surface area contributed by atoms with E-state index in [1.54, 1.807) is 12.0 Å². The molecule has 1 heterocycles. The highest BCUT2D eigenvalue weighted by molar-refractivity contribution is 6.00. The van der Waals surface area contributed by atoms with Crippen molar-refractivity contribution in [2.24, 2.45) is 5.92 Å². The maximum Gasteiger partial charge on any atom is 0.227 e. The molecule has 0 spiro atoms. The van der Waals surface area contributed by atoms with Crippen LogP contribution in [0.5, 0.6) is 5.75 Å². The number of hydrogen-bond acceptors (Lipinski definition) is 4. The smallest absolute Gasteiger partial charge is 0.227 e. The number of anilines is 1. The third-order valence-electron chi connectivity index (χ3n) is 3.94. The summed E-state index contributed by atoms with van der Waals surface area (Å²) >= 11 is 0. The van der Waals surface area contributed by atoms with Crippen molar-refractivity contribution in [2.75, 3.05) is 45.7 Å². The summed E-state index contributed by atoms with van der Waals surface area (Å²) in [4.78, 5) is 28.2. The summed E-state index contributed by atoms with van der Waals surface area (Å²) < 4.78 is 5.19. The lowest BCUT2D eigenvalue weighted by molar-refractivity contribution is -0.126. The van der Waals surface area contributed by atoms with Gasteiger partial charge in [0.2, 0.25) is 11.8 Å². The van der Waals surface area contributed by atoms with Gasteiger partial charge in [-0.2, -0.15) is 0 Å². The van der Waals surface area contributed by atoms with Gasteiger partial charge in [-0.05, 0) is 39.2 Å². The van der Waals surface area contributed by atoms with Gasteiger partial charge in [0, 0.05) is 31.3 Å². The number of carbonyl (C=O) groups is 2. The maximum atomic E-state index is 12.2. The molecular formula is C17H25N3O3. The Morgan fingerprint density at radius 2 is 2.22 bits per heavy atom. The highest BCUT2D eigenvalue weighted by Crippen LogP contribution is 2.27. The van der Waals surface area contributed by atoms with Crippen LogP contribution in [-0.2, 0) is 9.59 Å². The molecule has 1 aliphatic heterocycles. The van der Waals surface area contributed by atoms with Crippen LogP contribution in [0.1, 0.15) is 12.8 Å². The van der Waals surface area contributed by atoms with Gasteiger partial charge in [-0.3, -0.25) is 9.59 Å². The van der Waals surface area contributed by atoms with E-state index in [0.717, 1.165) is 18.7 Å². The Bertz CT molecular complexity index is 560. The largest absolute Gasteiger partial charge is 0.497 e. The van der Waals surface area contributed by atoms with Crippen molar-refractivity contribution < 1.29 is 14.3 Å². The lowest BCUT2D eigenvalue weighted by Gasteiger charge is -2.17. The van der Waals surface area contributed by atoms with E-state index in [1.165, 1.54) is 0 Å². The fourth-order valence-electron chi connectivity index (χ4n) is 2.66. The first-order chi connectivity index (χ1) is 11.0. The second kappa shape index (κ2) is 7.97. The number of methoxy groups -OCH3 is 1. The van der Waals surface area contributed by atoms with E-state index >= 15 is 0 Å². The highest BCUT2D eigenvalue weighted by Gasteiger charge is 2.35. The van der Waals surface area contributed by atoms with Gasteiger partial charge in [0.1, 0.15) is 5.75 Å². The number of hydrogen-bond donors (Lipinski definition) is 1. The Labute approximate surface area is 137 Å². The molecule has 23 heavy (non-hydrogen) atoms. The van der Waals surface area contributed by atoms with E-state index in [2.05, 4.69) is 10.2 Å². The fourth-order valence-corrected chi connectivity index (χ4v) is 2.66. The zero-order valence-electron chi connectivity index (χ0n) is 14.0. The summed E-state index contributed by atoms with van der Waals surface area (Å²) in [6, 6.07) is 7.35. The minimum absolute atomic E-state index is 0.0216. The second-order valence-electron chi connectivity index (χ2n) is 6.05. The van der Waals surface area contributed by atoms with Crippen LogP contribution in [0.4, 0.5) is 5.69 Å². The predicted octanol–water partition coefficient (Wildman–Crippen LogP) is 1.12. The molecule has 6 heteroatoms. The predicted molar refractivity (Wildman–Crippen MR) is 89.6 cm³/mol. The van der Waals surface area contributed by atoms with Crippen molar-refractivity contribution in [2.45, 2.75) is 12.8 Å². The first kappa shape index (κ1) is 17.3. The summed E-state index contributed by atoms with van der Waals surface area (Å²) in [7, 11) is 5.60. The fraction of sp³-hybridized carbons (Fsp3) is 0.529. The van der Waals surface area contributed by atoms with Crippen LogP contribution in [-0.4, -0.2) is 57.6 Å². The Kier molecular flexibility index (Phi) is 5.98. The number of nitrogens with zero attached hydrogens (tertiary/aromatic N) is 2. The van der Waals surface area contributed by atoms with Gasteiger partial charge in [-0.1, -0.05) is 6.07 Å². The normalized spacial score (nSPS) is 17.7. The number of amides is 2. The molecule has 0 unspecified atom stereocenters. The lowest BCUT2D eigenvalue weighted by Crippen LogP contribution is -2.34. The highest BCUT2D eigenvalue weighted by atomic mass is 16.5. The molecule has 0 bridgehead atoms. The van der Waals surface area contributed by atoms with Crippen LogP contribution in [0.3, 0.4) is 0 Å². The third-order valence-corrected chi connectivity index (χ3v) is 3.94. The van der Waals surface area contributed by atoms with E-state index in [4.69, 9.17) is 4.74 Å². The van der Waals surface area contributed by atoms with Crippen LogP contribution in [0.15, 0.2) is 24.3 Å². The molecule has 1 aliphatic rings. The molecule has 1 aromatic carbocycles. The summed E-state index contributed by atoms with van der Waals surface area (Å²) in [5.74, 6) is 0.356. The van der Waals surface area contributed by atoms with Crippen molar-refractivity contribution in [1.29, 1.82) is 0 Å². The molecule has 1 aromatic rings. The monoisotopic (exact) mass is 319 g/mol. The van der Waals surface area contributed by atoms with Crippen LogP contribution in [0.25, 0.3) is 0 Å². The van der Waals surface area contributed by atoms with Gasteiger partial charge in [0.15, 0.2) is 0 Å². The molecule has 0 saturated carbocycles. The van der Waals surface area contributed by atoms with Gasteiger partial charge < -0.3 is 19.9 Å². The molecule has 0 radical (unpaired) electrons. The second-order valence-corrected chi connectivity index (χ2v) is 6.05. The lowest BCUT2D eigenvalue weighted by atomic mass is 10.1. The molecule has 1 saturated heterocycles. The first-order valence-electron chi connectivity index (χ1n) is 7.88. The van der Waals surface area contributed by atoms with Crippen LogP contribution in [0.2, 0.25) is 0 Å². The van der Waals surface area contributed by atoms with E-state index in [1.807, 2.05) is 38.4 Å². The van der Waals surface area contributed by atoms with Gasteiger partial charge in [-0.25, -0.2) is 0 Å². The molecule has 2 amide bonds. The minimum Gasteiger partial charge on any atom is -0.497 e. The molecular weight excluding hydrogens is 294 g/mol. The molecule has 126 valence electrons. The minimum atomic E-state index is -0.284. The molecule has 1 N–H and O–H groups in total. The molecule has 1 fully saturated rings. The van der Waals surface area contributed by atoms with E-state index in [9.17, 15) is 9.59 Å². The van der Waals surface area contributed by atoms with Crippen LogP contribution < -0.4 is 15.0 Å². The first-order valence-corrected chi connectivity index (χ1v) is 7.88. The molecule has 0 aliphatic carbocycles. The average Bonchev–Trinajstić information content (AvgIpc) is 2.93. The van der Waals surface area contributed by atoms with Crippen molar-refractivity contribution in [3.05, 3.63) is 24.3 Å². The average molecular weight is 319 g/mol. The van der Waals surface area contributed by atoms with Gasteiger partial charge in [-0.15, -0.1) is 0 Å². The molecule has 6 nitrogen and oxygen atoms in total. The van der Waals surface area contributed by atoms with Crippen LogP contribution in [0, 0.1) is 5.92 Å². The Morgan fingerprint density at radius 3 is 2.91 bits per heavy atom. The van der Waals surface area contributed by atoms with Crippen molar-refractivity contribution in [3.8, 4) is 5.75 Å². The van der Waals surface area contributed by atoms with Crippen molar-refractivity contribution in [3.63, 3.8) is 0 Å². The number of ether oxygens (including phenoxy) is 1. The Hall–Kier alpha value is -2.08. The summed E-state index contributed by atoms with van der Waals surface area (Å²) in [5.41, 5.74) is 0.775. The van der Waals surface area contributed by atoms with Gasteiger partial charge >= 0.3 is 0 Å². The zero-order chi connectivity index (χ0) is 16.8. The van der Waals surface area contributed by atoms with E-state index < -0.39 is 0 Å². The number of nitrogens with one attached hydrogen (secondary N) is 1. The Balaban J connectivity index is 1.90. The number of benzene rings is 1. The third kappa shape index (κ3) is 4.69. The number of rotatable bonds is 7. The zero-order valence-corrected chi connectivity index (χ0v) is 14.0. The molecule has 1 atom stereocenters. The molecule has 2 rings (SSSR count). The molecule has 0 aromatic heterocycles. The summed E-state index contributed by atoms with van der Waals surface area (Å²) in [5, 5.41) is 2.93. The topological polar surface area (TPSA) is 61.9 Å². The number of carbonyl (C=O) groups excluding carboxylic acids is 2.